The van der Waals surface area contributed by atoms with Gasteiger partial charge in [0.2, 0.25) is 11.9 Å². The maximum absolute atomic E-state index is 13.6. The van der Waals surface area contributed by atoms with Gasteiger partial charge in [0, 0.05) is 32.1 Å². The van der Waals surface area contributed by atoms with Crippen molar-refractivity contribution < 1.29 is 57.4 Å². The number of ether oxygens (including phenoxy) is 7. The third kappa shape index (κ3) is 4.85. The first-order valence-electron chi connectivity index (χ1n) is 14.8. The minimum absolute atomic E-state index is 0.0273. The number of rotatable bonds is 8. The molecule has 12 heteroatoms. The highest BCUT2D eigenvalue weighted by Gasteiger charge is 2.81. The van der Waals surface area contributed by atoms with E-state index < -0.39 is 76.4 Å². The maximum Gasteiger partial charge on any atom is 0.350 e. The zero-order chi connectivity index (χ0) is 31.5. The van der Waals surface area contributed by atoms with Crippen LogP contribution in [0.25, 0.3) is 0 Å². The van der Waals surface area contributed by atoms with E-state index in [9.17, 15) is 24.3 Å². The zero-order valence-corrected chi connectivity index (χ0v) is 25.7. The van der Waals surface area contributed by atoms with Gasteiger partial charge in [0.05, 0.1) is 30.5 Å². The van der Waals surface area contributed by atoms with Crippen LogP contribution in [0.15, 0.2) is 24.0 Å². The standard InChI is InChI=1S/C31H42O12/c1-8-28(6,43-19(5)34)27(36)42-25-21(35)13-22-29(7,23-12-20-9-10-37-26(20)41-23)16(2)11-24(40-18(4)33)30(22,14-38-17(3)32)31(25)15-39-31/h9-11,20-26,35H,8,12-15H2,1-7H3/t20-,21?,22-,23+,24+,25+,26+,28?,29+,30+,31-/m1/s1. The number of hydrogen-bond donors (Lipinski definition) is 1. The van der Waals surface area contributed by atoms with E-state index in [1.54, 1.807) is 13.2 Å². The largest absolute Gasteiger partial charge is 0.472 e. The van der Waals surface area contributed by atoms with E-state index in [0.29, 0.717) is 6.42 Å². The quantitative estimate of drug-likeness (QED) is 0.187. The van der Waals surface area contributed by atoms with E-state index in [4.69, 9.17) is 33.2 Å². The van der Waals surface area contributed by atoms with Crippen molar-refractivity contribution in [3.05, 3.63) is 24.0 Å². The molecule has 5 aliphatic rings. The maximum atomic E-state index is 13.6. The van der Waals surface area contributed by atoms with E-state index in [1.807, 2.05) is 26.0 Å². The highest BCUT2D eigenvalue weighted by Crippen LogP contribution is 2.69. The molecule has 11 atom stereocenters. The molecule has 0 aromatic carbocycles. The highest BCUT2D eigenvalue weighted by atomic mass is 16.7. The number of aliphatic hydroxyl groups is 1. The van der Waals surface area contributed by atoms with E-state index in [-0.39, 0.29) is 38.1 Å². The fourth-order valence-corrected chi connectivity index (χ4v) is 7.91. The van der Waals surface area contributed by atoms with Crippen molar-refractivity contribution in [3.63, 3.8) is 0 Å². The Morgan fingerprint density at radius 1 is 1.09 bits per heavy atom. The molecule has 0 bridgehead atoms. The van der Waals surface area contributed by atoms with Crippen molar-refractivity contribution >= 4 is 23.9 Å². The number of carbonyl (C=O) groups excluding carboxylic acids is 4. The van der Waals surface area contributed by atoms with Crippen LogP contribution in [-0.2, 0) is 52.3 Å². The Kier molecular flexibility index (Phi) is 7.97. The summed E-state index contributed by atoms with van der Waals surface area (Å²) in [6.45, 7) is 10.6. The summed E-state index contributed by atoms with van der Waals surface area (Å²) in [4.78, 5) is 50.2. The van der Waals surface area contributed by atoms with Crippen LogP contribution in [0.3, 0.4) is 0 Å². The second-order valence-corrected chi connectivity index (χ2v) is 12.9. The highest BCUT2D eigenvalue weighted by molar-refractivity contribution is 5.82. The minimum atomic E-state index is -1.61. The number of aliphatic hydroxyl groups excluding tert-OH is 1. The van der Waals surface area contributed by atoms with Gasteiger partial charge in [0.15, 0.2) is 6.10 Å². The molecule has 3 fully saturated rings. The topological polar surface area (TPSA) is 156 Å². The predicted octanol–water partition coefficient (Wildman–Crippen LogP) is 2.50. The van der Waals surface area contributed by atoms with Crippen molar-refractivity contribution in [2.75, 3.05) is 13.2 Å². The second kappa shape index (κ2) is 10.9. The van der Waals surface area contributed by atoms with Gasteiger partial charge >= 0.3 is 23.9 Å². The van der Waals surface area contributed by atoms with Crippen LogP contribution in [0.2, 0.25) is 0 Å². The van der Waals surface area contributed by atoms with Gasteiger partial charge in [0.25, 0.3) is 0 Å². The Labute approximate surface area is 251 Å². The van der Waals surface area contributed by atoms with Gasteiger partial charge in [-0.05, 0) is 51.2 Å². The molecule has 3 aliphatic heterocycles. The first-order chi connectivity index (χ1) is 20.1. The third-order valence-corrected chi connectivity index (χ3v) is 10.5. The summed E-state index contributed by atoms with van der Waals surface area (Å²) < 4.78 is 41.3. The molecule has 2 unspecified atom stereocenters. The summed E-state index contributed by atoms with van der Waals surface area (Å²) in [7, 11) is 0. The fraction of sp³-hybridized carbons (Fsp3) is 0.742. The molecule has 3 heterocycles. The Morgan fingerprint density at radius 3 is 2.35 bits per heavy atom. The van der Waals surface area contributed by atoms with Gasteiger partial charge in [-0.2, -0.15) is 0 Å². The number of fused-ring (bicyclic) bond motifs is 3. The molecule has 1 saturated carbocycles. The third-order valence-electron chi connectivity index (χ3n) is 10.5. The van der Waals surface area contributed by atoms with E-state index in [2.05, 4.69) is 0 Å². The lowest BCUT2D eigenvalue weighted by Gasteiger charge is -2.62. The van der Waals surface area contributed by atoms with Gasteiger partial charge < -0.3 is 38.3 Å². The molecular weight excluding hydrogens is 564 g/mol. The van der Waals surface area contributed by atoms with Gasteiger partial charge in [-0.15, -0.1) is 0 Å². The van der Waals surface area contributed by atoms with Crippen molar-refractivity contribution in [1.82, 2.24) is 0 Å². The Balaban J connectivity index is 1.63. The van der Waals surface area contributed by atoms with Crippen LogP contribution in [0, 0.1) is 22.7 Å². The molecule has 0 amide bonds. The van der Waals surface area contributed by atoms with Crippen LogP contribution >= 0.6 is 0 Å². The number of hydrogen-bond acceptors (Lipinski definition) is 12. The monoisotopic (exact) mass is 606 g/mol. The second-order valence-electron chi connectivity index (χ2n) is 12.9. The Bertz CT molecular complexity index is 1240. The Hall–Kier alpha value is -2.96. The average Bonchev–Trinajstić information content (AvgIpc) is 3.40. The van der Waals surface area contributed by atoms with Crippen molar-refractivity contribution in [2.45, 2.75) is 110 Å². The van der Waals surface area contributed by atoms with Crippen LogP contribution in [0.5, 0.6) is 0 Å². The molecule has 43 heavy (non-hydrogen) atoms. The SMILES string of the molecule is CCC(C)(OC(C)=O)C(=O)O[C@H]1C(O)C[C@@H]2[C@@](C)([C@@H]3C[C@H]4C=CO[C@H]4O3)C(C)=C[C@H](OC(C)=O)[C@@]2(COC(C)=O)[C@@]12CO2. The summed E-state index contributed by atoms with van der Waals surface area (Å²) in [5.74, 6) is -3.11. The van der Waals surface area contributed by atoms with Crippen LogP contribution in [0.4, 0.5) is 0 Å². The van der Waals surface area contributed by atoms with Crippen molar-refractivity contribution in [1.29, 1.82) is 0 Å². The van der Waals surface area contributed by atoms with Gasteiger partial charge in [-0.25, -0.2) is 4.79 Å². The molecule has 1 spiro atoms. The lowest BCUT2D eigenvalue weighted by Crippen LogP contribution is -2.73. The average molecular weight is 607 g/mol. The summed E-state index contributed by atoms with van der Waals surface area (Å²) >= 11 is 0. The lowest BCUT2D eigenvalue weighted by atomic mass is 9.44. The first-order valence-corrected chi connectivity index (χ1v) is 14.8. The molecule has 0 aromatic heterocycles. The molecule has 1 N–H and O–H groups in total. The molecule has 2 aliphatic carbocycles. The summed E-state index contributed by atoms with van der Waals surface area (Å²) in [6, 6.07) is 0. The Morgan fingerprint density at radius 2 is 1.79 bits per heavy atom. The first kappa shape index (κ1) is 31.5. The number of esters is 4. The molecule has 0 aromatic rings. The van der Waals surface area contributed by atoms with Crippen LogP contribution < -0.4 is 0 Å². The van der Waals surface area contributed by atoms with Gasteiger partial charge in [0.1, 0.15) is 18.3 Å². The zero-order valence-electron chi connectivity index (χ0n) is 25.7. The molecule has 5 rings (SSSR count). The lowest BCUT2D eigenvalue weighted by molar-refractivity contribution is -0.251. The van der Waals surface area contributed by atoms with Gasteiger partial charge in [-0.1, -0.05) is 19.4 Å². The summed E-state index contributed by atoms with van der Waals surface area (Å²) in [5, 5.41) is 11.8. The van der Waals surface area contributed by atoms with Gasteiger partial charge in [-0.3, -0.25) is 14.4 Å². The van der Waals surface area contributed by atoms with E-state index >= 15 is 0 Å². The van der Waals surface area contributed by atoms with Crippen molar-refractivity contribution in [2.24, 2.45) is 22.7 Å². The van der Waals surface area contributed by atoms with Crippen molar-refractivity contribution in [3.8, 4) is 0 Å². The molecule has 238 valence electrons. The van der Waals surface area contributed by atoms with E-state index in [1.165, 1.54) is 27.7 Å². The van der Waals surface area contributed by atoms with E-state index in [0.717, 1.165) is 5.57 Å². The number of carbonyl (C=O) groups is 4. The molecule has 0 radical (unpaired) electrons. The molecule has 12 nitrogen and oxygen atoms in total. The minimum Gasteiger partial charge on any atom is -0.472 e. The summed E-state index contributed by atoms with van der Waals surface area (Å²) in [5.41, 5.74) is -4.19. The number of epoxide rings is 1. The molecule has 2 saturated heterocycles. The normalized spacial score (nSPS) is 42.0. The predicted molar refractivity (Wildman–Crippen MR) is 147 cm³/mol. The fourth-order valence-electron chi connectivity index (χ4n) is 7.91. The van der Waals surface area contributed by atoms with Crippen LogP contribution in [-0.4, -0.2) is 84.1 Å². The smallest absolute Gasteiger partial charge is 0.350 e. The molecular formula is C31H42O12. The van der Waals surface area contributed by atoms with Crippen LogP contribution in [0.1, 0.15) is 67.7 Å². The summed E-state index contributed by atoms with van der Waals surface area (Å²) in [6.07, 6.45) is 2.04.